The second-order valence-electron chi connectivity index (χ2n) is 4.63. The molecule has 72 valence electrons. The van der Waals surface area contributed by atoms with E-state index in [9.17, 15) is 0 Å². The predicted octanol–water partition coefficient (Wildman–Crippen LogP) is 4.39. The van der Waals surface area contributed by atoms with Gasteiger partial charge in [0.15, 0.2) is 0 Å². The first kappa shape index (κ1) is 12.0. The predicted molar refractivity (Wildman–Crippen MR) is 61.2 cm³/mol. The van der Waals surface area contributed by atoms with E-state index in [-0.39, 0.29) is 0 Å². The molecule has 12 heavy (non-hydrogen) atoms. The van der Waals surface area contributed by atoms with E-state index in [1.165, 1.54) is 25.7 Å². The molecule has 0 aliphatic heterocycles. The van der Waals surface area contributed by atoms with E-state index in [1.807, 2.05) is 0 Å². The lowest BCUT2D eigenvalue weighted by molar-refractivity contribution is 0.767. The number of unbranched alkanes of at least 4 members (excludes halogenated alkanes) is 1. The maximum absolute atomic E-state index is 2.57. The van der Waals surface area contributed by atoms with Crippen LogP contribution in [0.1, 0.15) is 39.5 Å². The van der Waals surface area contributed by atoms with Crippen LogP contribution in [0.5, 0.6) is 0 Å². The summed E-state index contributed by atoms with van der Waals surface area (Å²) in [5, 5.41) is 0. The van der Waals surface area contributed by atoms with Crippen molar-refractivity contribution < 1.29 is 0 Å². The van der Waals surface area contributed by atoms with Crippen LogP contribution >= 0.6 is 0 Å². The SMILES string of the molecule is CCCCC(=C[Si](C)(C)C)CC. The second-order valence-corrected chi connectivity index (χ2v) is 9.65. The normalized spacial score (nSPS) is 13.6. The highest BCUT2D eigenvalue weighted by molar-refractivity contribution is 6.81. The van der Waals surface area contributed by atoms with Gasteiger partial charge in [0.05, 0.1) is 8.07 Å². The van der Waals surface area contributed by atoms with Gasteiger partial charge in [0.2, 0.25) is 0 Å². The van der Waals surface area contributed by atoms with Crippen LogP contribution in [-0.4, -0.2) is 8.07 Å². The number of allylic oxidation sites excluding steroid dienone is 1. The van der Waals surface area contributed by atoms with Crippen molar-refractivity contribution >= 4 is 8.07 Å². The van der Waals surface area contributed by atoms with Crippen molar-refractivity contribution in [3.63, 3.8) is 0 Å². The lowest BCUT2D eigenvalue weighted by Crippen LogP contribution is -2.16. The van der Waals surface area contributed by atoms with E-state index in [2.05, 4.69) is 39.2 Å². The Morgan fingerprint density at radius 3 is 2.08 bits per heavy atom. The van der Waals surface area contributed by atoms with Crippen LogP contribution in [0.15, 0.2) is 11.3 Å². The van der Waals surface area contributed by atoms with Crippen molar-refractivity contribution in [1.29, 1.82) is 0 Å². The maximum atomic E-state index is 2.57. The monoisotopic (exact) mass is 184 g/mol. The van der Waals surface area contributed by atoms with Gasteiger partial charge in [-0.25, -0.2) is 0 Å². The van der Waals surface area contributed by atoms with Gasteiger partial charge < -0.3 is 0 Å². The Morgan fingerprint density at radius 1 is 1.17 bits per heavy atom. The minimum Gasteiger partial charge on any atom is -0.0958 e. The molecule has 0 bridgehead atoms. The first-order valence-electron chi connectivity index (χ1n) is 5.20. The van der Waals surface area contributed by atoms with Crippen LogP contribution in [0.25, 0.3) is 0 Å². The molecule has 0 aromatic carbocycles. The lowest BCUT2D eigenvalue weighted by atomic mass is 10.1. The summed E-state index contributed by atoms with van der Waals surface area (Å²) in [6.45, 7) is 11.8. The van der Waals surface area contributed by atoms with Crippen LogP contribution in [0.3, 0.4) is 0 Å². The van der Waals surface area contributed by atoms with E-state index in [4.69, 9.17) is 0 Å². The van der Waals surface area contributed by atoms with Gasteiger partial charge in [-0.15, -0.1) is 0 Å². The summed E-state index contributed by atoms with van der Waals surface area (Å²) in [4.78, 5) is 0. The van der Waals surface area contributed by atoms with Crippen LogP contribution in [-0.2, 0) is 0 Å². The zero-order valence-electron chi connectivity index (χ0n) is 9.41. The zero-order valence-corrected chi connectivity index (χ0v) is 10.4. The number of rotatable bonds is 5. The van der Waals surface area contributed by atoms with E-state index in [0.29, 0.717) is 0 Å². The van der Waals surface area contributed by atoms with Crippen molar-refractivity contribution in [2.45, 2.75) is 59.2 Å². The standard InChI is InChI=1S/C11H24Si/c1-6-8-9-11(7-2)10-12(3,4)5/h10H,6-9H2,1-5H3. The van der Waals surface area contributed by atoms with Crippen molar-refractivity contribution in [3.8, 4) is 0 Å². The Hall–Kier alpha value is -0.0431. The van der Waals surface area contributed by atoms with Crippen LogP contribution in [0.4, 0.5) is 0 Å². The largest absolute Gasteiger partial charge is 0.0958 e. The summed E-state index contributed by atoms with van der Waals surface area (Å²) in [5.74, 6) is 0. The molecule has 0 aromatic rings. The van der Waals surface area contributed by atoms with Gasteiger partial charge in [-0.3, -0.25) is 0 Å². The summed E-state index contributed by atoms with van der Waals surface area (Å²) >= 11 is 0. The Balaban J connectivity index is 4.04. The molecule has 0 saturated carbocycles. The number of hydrogen-bond donors (Lipinski definition) is 0. The molecule has 0 aliphatic carbocycles. The van der Waals surface area contributed by atoms with Crippen LogP contribution < -0.4 is 0 Å². The molecule has 0 radical (unpaired) electrons. The Kier molecular flexibility index (Phi) is 5.56. The second kappa shape index (κ2) is 5.58. The van der Waals surface area contributed by atoms with Gasteiger partial charge in [0.25, 0.3) is 0 Å². The van der Waals surface area contributed by atoms with Crippen molar-refractivity contribution in [2.75, 3.05) is 0 Å². The molecule has 0 aliphatic rings. The molecule has 0 amide bonds. The van der Waals surface area contributed by atoms with Gasteiger partial charge >= 0.3 is 0 Å². The van der Waals surface area contributed by atoms with Crippen molar-refractivity contribution in [1.82, 2.24) is 0 Å². The molecule has 0 nitrogen and oxygen atoms in total. The summed E-state index contributed by atoms with van der Waals surface area (Å²) < 4.78 is 0. The van der Waals surface area contributed by atoms with E-state index in [1.54, 1.807) is 5.57 Å². The fourth-order valence-corrected chi connectivity index (χ4v) is 2.94. The average molecular weight is 184 g/mol. The zero-order chi connectivity index (χ0) is 9.61. The van der Waals surface area contributed by atoms with Crippen molar-refractivity contribution in [3.05, 3.63) is 11.3 Å². The molecule has 0 unspecified atom stereocenters. The molecule has 0 spiro atoms. The fraction of sp³-hybridized carbons (Fsp3) is 0.818. The third-order valence-corrected chi connectivity index (χ3v) is 3.22. The smallest absolute Gasteiger partial charge is 0.0686 e. The molecular formula is C11H24Si. The highest BCUT2D eigenvalue weighted by atomic mass is 28.3. The number of hydrogen-bond acceptors (Lipinski definition) is 0. The fourth-order valence-electron chi connectivity index (χ4n) is 1.37. The molecule has 0 heterocycles. The van der Waals surface area contributed by atoms with Gasteiger partial charge in [0.1, 0.15) is 0 Å². The highest BCUT2D eigenvalue weighted by Gasteiger charge is 2.09. The average Bonchev–Trinajstić information content (AvgIpc) is 1.95. The Bertz CT molecular complexity index is 140. The molecular weight excluding hydrogens is 160 g/mol. The summed E-state index contributed by atoms with van der Waals surface area (Å²) in [7, 11) is -0.953. The summed E-state index contributed by atoms with van der Waals surface area (Å²) in [5.41, 5.74) is 4.26. The Labute approximate surface area is 79.1 Å². The first-order valence-corrected chi connectivity index (χ1v) is 8.78. The van der Waals surface area contributed by atoms with Gasteiger partial charge in [-0.05, 0) is 19.3 Å². The molecule has 0 saturated heterocycles. The lowest BCUT2D eigenvalue weighted by Gasteiger charge is -2.13. The van der Waals surface area contributed by atoms with Gasteiger partial charge in [0, 0.05) is 0 Å². The summed E-state index contributed by atoms with van der Waals surface area (Å²) in [6, 6.07) is 0. The van der Waals surface area contributed by atoms with E-state index < -0.39 is 8.07 Å². The molecule has 1 heteroatoms. The topological polar surface area (TPSA) is 0 Å². The molecule has 0 fully saturated rings. The van der Waals surface area contributed by atoms with Gasteiger partial charge in [-0.1, -0.05) is 51.2 Å². The van der Waals surface area contributed by atoms with Crippen LogP contribution in [0.2, 0.25) is 19.6 Å². The van der Waals surface area contributed by atoms with Gasteiger partial charge in [-0.2, -0.15) is 0 Å². The summed E-state index contributed by atoms with van der Waals surface area (Å²) in [6.07, 6.45) is 5.27. The highest BCUT2D eigenvalue weighted by Crippen LogP contribution is 2.15. The first-order chi connectivity index (χ1) is 5.49. The van der Waals surface area contributed by atoms with Crippen molar-refractivity contribution in [2.24, 2.45) is 0 Å². The molecule has 0 aromatic heterocycles. The van der Waals surface area contributed by atoms with E-state index >= 15 is 0 Å². The molecule has 0 N–H and O–H groups in total. The Morgan fingerprint density at radius 2 is 1.75 bits per heavy atom. The van der Waals surface area contributed by atoms with Crippen LogP contribution in [0, 0.1) is 0 Å². The molecule has 0 rings (SSSR count). The third kappa shape index (κ3) is 6.65. The molecule has 0 atom stereocenters. The maximum Gasteiger partial charge on any atom is 0.0686 e. The minimum atomic E-state index is -0.953. The third-order valence-electron chi connectivity index (χ3n) is 1.94. The minimum absolute atomic E-state index is 0.953. The van der Waals surface area contributed by atoms with E-state index in [0.717, 1.165) is 0 Å². The quantitative estimate of drug-likeness (QED) is 0.556.